The second-order valence-electron chi connectivity index (χ2n) is 2.31. The topological polar surface area (TPSA) is 52.0 Å². The number of fused-ring (bicyclic) bond motifs is 1. The molecule has 2 rings (SSSR count). The molecule has 4 nitrogen and oxygen atoms in total. The molecule has 0 amide bonds. The van der Waals surface area contributed by atoms with Crippen molar-refractivity contribution in [3.63, 3.8) is 0 Å². The van der Waals surface area contributed by atoms with E-state index in [1.165, 1.54) is 0 Å². The van der Waals surface area contributed by atoms with Gasteiger partial charge in [-0.2, -0.15) is 0 Å². The highest BCUT2D eigenvalue weighted by Gasteiger charge is 2.11. The summed E-state index contributed by atoms with van der Waals surface area (Å²) in [5, 5.41) is 1.08. The normalized spacial score (nSPS) is 10.5. The Hall–Kier alpha value is -0.850. The fraction of sp³-hybridized carbons (Fsp3) is 0.143. The monoisotopic (exact) mass is 276 g/mol. The van der Waals surface area contributed by atoms with Gasteiger partial charge in [0.15, 0.2) is 0 Å². The summed E-state index contributed by atoms with van der Waals surface area (Å²) in [6.07, 6.45) is 3.78. The third kappa shape index (κ3) is 1.13. The second kappa shape index (κ2) is 2.89. The fourth-order valence-corrected chi connectivity index (χ4v) is 1.57. The van der Waals surface area contributed by atoms with E-state index >= 15 is 0 Å². The molecule has 0 saturated carbocycles. The Kier molecular flexibility index (Phi) is 1.87. The number of nitrogens with one attached hydrogen (secondary N) is 2. The SMILES string of the molecule is COc1nc2[nH]cc(I)c2c[nH+]1. The first kappa shape index (κ1) is 7.78. The molecule has 2 N–H and O–H groups in total. The van der Waals surface area contributed by atoms with Crippen LogP contribution in [0, 0.1) is 3.57 Å². The Bertz CT molecular complexity index is 412. The minimum atomic E-state index is 0.515. The van der Waals surface area contributed by atoms with Crippen LogP contribution in [0.2, 0.25) is 0 Å². The maximum Gasteiger partial charge on any atom is 0.497 e. The van der Waals surface area contributed by atoms with Gasteiger partial charge in [-0.15, -0.1) is 0 Å². The lowest BCUT2D eigenvalue weighted by atomic mass is 10.4. The average Bonchev–Trinajstić information content (AvgIpc) is 2.47. The molecule has 0 radical (unpaired) electrons. The summed E-state index contributed by atoms with van der Waals surface area (Å²) in [7, 11) is 1.58. The molecule has 2 heterocycles. The van der Waals surface area contributed by atoms with Crippen molar-refractivity contribution in [1.82, 2.24) is 9.97 Å². The molecule has 2 aromatic rings. The first-order valence-electron chi connectivity index (χ1n) is 3.40. The van der Waals surface area contributed by atoms with E-state index in [2.05, 4.69) is 37.5 Å². The first-order chi connectivity index (χ1) is 5.81. The standard InChI is InChI=1S/C7H6IN3O/c1-12-7-10-2-4-5(8)3-9-6(4)11-7/h2-3H,1H3,(H,9,10,11)/p+1. The highest BCUT2D eigenvalue weighted by molar-refractivity contribution is 14.1. The Morgan fingerprint density at radius 2 is 2.50 bits per heavy atom. The fourth-order valence-electron chi connectivity index (χ4n) is 1.00. The number of rotatable bonds is 1. The Labute approximate surface area is 82.5 Å². The van der Waals surface area contributed by atoms with Gasteiger partial charge in [-0.25, -0.2) is 4.98 Å². The molecule has 0 saturated heterocycles. The van der Waals surface area contributed by atoms with Gasteiger partial charge in [-0.3, -0.25) is 0 Å². The number of aromatic nitrogens is 3. The van der Waals surface area contributed by atoms with E-state index in [0.717, 1.165) is 14.6 Å². The van der Waals surface area contributed by atoms with Crippen molar-refractivity contribution in [3.8, 4) is 6.01 Å². The summed E-state index contributed by atoms with van der Waals surface area (Å²) in [5.74, 6) is 0. The number of hydrogen-bond donors (Lipinski definition) is 1. The van der Waals surface area contributed by atoms with Crippen LogP contribution >= 0.6 is 22.6 Å². The van der Waals surface area contributed by atoms with E-state index in [9.17, 15) is 0 Å². The van der Waals surface area contributed by atoms with Crippen LogP contribution in [0.1, 0.15) is 0 Å². The van der Waals surface area contributed by atoms with Gasteiger partial charge in [0.25, 0.3) is 5.65 Å². The minimum absolute atomic E-state index is 0.515. The highest BCUT2D eigenvalue weighted by atomic mass is 127. The van der Waals surface area contributed by atoms with E-state index in [-0.39, 0.29) is 0 Å². The summed E-state index contributed by atoms with van der Waals surface area (Å²) < 4.78 is 6.09. The Morgan fingerprint density at radius 3 is 3.25 bits per heavy atom. The van der Waals surface area contributed by atoms with Crippen molar-refractivity contribution >= 4 is 33.6 Å². The molecule has 0 aliphatic heterocycles. The predicted octanol–water partition coefficient (Wildman–Crippen LogP) is 0.990. The molecule has 0 aliphatic carbocycles. The van der Waals surface area contributed by atoms with E-state index in [0.29, 0.717) is 6.01 Å². The molecule has 0 atom stereocenters. The van der Waals surface area contributed by atoms with Crippen LogP contribution in [0.3, 0.4) is 0 Å². The molecule has 62 valence electrons. The quantitative estimate of drug-likeness (QED) is 0.790. The van der Waals surface area contributed by atoms with Gasteiger partial charge < -0.3 is 9.72 Å². The van der Waals surface area contributed by atoms with Crippen LogP contribution in [-0.2, 0) is 0 Å². The number of halogens is 1. The van der Waals surface area contributed by atoms with Crippen LogP contribution in [0.15, 0.2) is 12.4 Å². The van der Waals surface area contributed by atoms with Gasteiger partial charge in [-0.05, 0) is 22.6 Å². The number of aromatic amines is 2. The van der Waals surface area contributed by atoms with E-state index < -0.39 is 0 Å². The molecule has 0 fully saturated rings. The van der Waals surface area contributed by atoms with Gasteiger partial charge in [0.1, 0.15) is 6.20 Å². The molecule has 5 heteroatoms. The number of methoxy groups -OCH3 is 1. The van der Waals surface area contributed by atoms with Crippen molar-refractivity contribution in [2.75, 3.05) is 7.11 Å². The Morgan fingerprint density at radius 1 is 1.67 bits per heavy atom. The smallest absolute Gasteiger partial charge is 0.432 e. The maximum atomic E-state index is 4.94. The minimum Gasteiger partial charge on any atom is -0.432 e. The lowest BCUT2D eigenvalue weighted by Crippen LogP contribution is -2.08. The molecule has 12 heavy (non-hydrogen) atoms. The third-order valence-electron chi connectivity index (χ3n) is 1.59. The summed E-state index contributed by atoms with van der Waals surface area (Å²) in [6, 6.07) is 0.515. The van der Waals surface area contributed by atoms with E-state index in [1.54, 1.807) is 7.11 Å². The summed E-state index contributed by atoms with van der Waals surface area (Å²) in [4.78, 5) is 10.2. The van der Waals surface area contributed by atoms with Gasteiger partial charge in [0.2, 0.25) is 0 Å². The summed E-state index contributed by atoms with van der Waals surface area (Å²) in [6.45, 7) is 0. The zero-order valence-corrected chi connectivity index (χ0v) is 8.55. The molecule has 0 bridgehead atoms. The Balaban J connectivity index is 2.69. The lowest BCUT2D eigenvalue weighted by molar-refractivity contribution is -0.396. The van der Waals surface area contributed by atoms with Crippen LogP contribution in [0.4, 0.5) is 0 Å². The molecule has 0 spiro atoms. The van der Waals surface area contributed by atoms with Crippen molar-refractivity contribution in [3.05, 3.63) is 16.0 Å². The van der Waals surface area contributed by atoms with Gasteiger partial charge in [0, 0.05) is 14.8 Å². The van der Waals surface area contributed by atoms with Gasteiger partial charge in [0.05, 0.1) is 12.5 Å². The molecule has 2 aromatic heterocycles. The van der Waals surface area contributed by atoms with Gasteiger partial charge >= 0.3 is 6.01 Å². The molecule has 0 aromatic carbocycles. The molecular weight excluding hydrogens is 269 g/mol. The number of hydrogen-bond acceptors (Lipinski definition) is 2. The average molecular weight is 276 g/mol. The van der Waals surface area contributed by atoms with E-state index in [1.807, 2.05) is 12.4 Å². The third-order valence-corrected chi connectivity index (χ3v) is 2.49. The largest absolute Gasteiger partial charge is 0.497 e. The van der Waals surface area contributed by atoms with Crippen LogP contribution < -0.4 is 9.72 Å². The zero-order valence-electron chi connectivity index (χ0n) is 6.39. The van der Waals surface area contributed by atoms with Gasteiger partial charge in [-0.1, -0.05) is 0 Å². The van der Waals surface area contributed by atoms with E-state index in [4.69, 9.17) is 4.74 Å². The van der Waals surface area contributed by atoms with Crippen LogP contribution in [-0.4, -0.2) is 17.1 Å². The predicted molar refractivity (Wildman–Crippen MR) is 51.9 cm³/mol. The lowest BCUT2D eigenvalue weighted by Gasteiger charge is -1.87. The van der Waals surface area contributed by atoms with Crippen LogP contribution in [0.25, 0.3) is 11.0 Å². The number of H-pyrrole nitrogens is 2. The first-order valence-corrected chi connectivity index (χ1v) is 4.48. The molecular formula is C7H7IN3O+. The molecule has 0 unspecified atom stereocenters. The maximum absolute atomic E-state index is 4.94. The number of ether oxygens (including phenoxy) is 1. The van der Waals surface area contributed by atoms with Crippen LogP contribution in [0.5, 0.6) is 6.01 Å². The van der Waals surface area contributed by atoms with Crippen molar-refractivity contribution < 1.29 is 9.72 Å². The van der Waals surface area contributed by atoms with Crippen molar-refractivity contribution in [2.45, 2.75) is 0 Å². The van der Waals surface area contributed by atoms with Crippen molar-refractivity contribution in [1.29, 1.82) is 0 Å². The summed E-state index contributed by atoms with van der Waals surface area (Å²) >= 11 is 2.25. The summed E-state index contributed by atoms with van der Waals surface area (Å²) in [5.41, 5.74) is 0.843. The van der Waals surface area contributed by atoms with Crippen molar-refractivity contribution in [2.24, 2.45) is 0 Å². The number of nitrogens with zero attached hydrogens (tertiary/aromatic N) is 1. The second-order valence-corrected chi connectivity index (χ2v) is 3.47. The highest BCUT2D eigenvalue weighted by Crippen LogP contribution is 2.16. The molecule has 0 aliphatic rings. The zero-order chi connectivity index (χ0) is 8.55.